The van der Waals surface area contributed by atoms with Crippen molar-refractivity contribution in [2.45, 2.75) is 37.7 Å². The van der Waals surface area contributed by atoms with E-state index in [1.807, 2.05) is 0 Å². The summed E-state index contributed by atoms with van der Waals surface area (Å²) in [5, 5.41) is 0. The molecule has 4 nitrogen and oxygen atoms in total. The molecule has 6 heteroatoms. The average Bonchev–Trinajstić information content (AvgIpc) is 3.18. The van der Waals surface area contributed by atoms with Crippen LogP contribution in [0, 0.1) is 5.82 Å². The molecule has 2 aliphatic rings. The van der Waals surface area contributed by atoms with E-state index >= 15 is 0 Å². The van der Waals surface area contributed by atoms with E-state index in [-0.39, 0.29) is 23.6 Å². The molecule has 3 rings (SSSR count). The molecular weight excluding hydrogens is 305 g/mol. The maximum absolute atomic E-state index is 13.0. The smallest absolute Gasteiger partial charge is 0.214 e. The molecule has 2 saturated heterocycles. The summed E-state index contributed by atoms with van der Waals surface area (Å²) in [5.41, 5.74) is 1.01. The predicted molar refractivity (Wildman–Crippen MR) is 82.7 cm³/mol. The summed E-state index contributed by atoms with van der Waals surface area (Å²) in [7, 11) is -3.22. The van der Waals surface area contributed by atoms with Crippen LogP contribution >= 0.6 is 0 Å². The van der Waals surface area contributed by atoms with E-state index in [2.05, 4.69) is 0 Å². The van der Waals surface area contributed by atoms with Crippen molar-refractivity contribution in [1.29, 1.82) is 0 Å². The van der Waals surface area contributed by atoms with Crippen LogP contribution in [0.15, 0.2) is 24.3 Å². The predicted octanol–water partition coefficient (Wildman–Crippen LogP) is 2.51. The van der Waals surface area contributed by atoms with Crippen molar-refractivity contribution in [2.24, 2.45) is 0 Å². The van der Waals surface area contributed by atoms with E-state index in [0.29, 0.717) is 19.5 Å². The Balaban J connectivity index is 1.57. The first kappa shape index (κ1) is 15.9. The van der Waals surface area contributed by atoms with Crippen LogP contribution in [0.2, 0.25) is 0 Å². The van der Waals surface area contributed by atoms with Gasteiger partial charge in [-0.2, -0.15) is 0 Å². The Bertz CT molecular complexity index is 596. The second-order valence-electron chi connectivity index (χ2n) is 6.13. The number of hydrogen-bond donors (Lipinski definition) is 0. The van der Waals surface area contributed by atoms with Crippen molar-refractivity contribution in [3.63, 3.8) is 0 Å². The maximum Gasteiger partial charge on any atom is 0.214 e. The minimum atomic E-state index is -3.22. The number of benzene rings is 1. The number of hydrogen-bond acceptors (Lipinski definition) is 3. The minimum Gasteiger partial charge on any atom is -0.378 e. The van der Waals surface area contributed by atoms with E-state index in [0.717, 1.165) is 31.4 Å². The summed E-state index contributed by atoms with van der Waals surface area (Å²) in [5.74, 6) is 0.0641. The molecule has 0 N–H and O–H groups in total. The van der Waals surface area contributed by atoms with Gasteiger partial charge in [-0.3, -0.25) is 0 Å². The van der Waals surface area contributed by atoms with Gasteiger partial charge in [0.2, 0.25) is 10.0 Å². The normalized spacial score (nSPS) is 26.6. The summed E-state index contributed by atoms with van der Waals surface area (Å²) in [6.07, 6.45) is 3.48. The maximum atomic E-state index is 13.0. The molecule has 122 valence electrons. The molecule has 2 heterocycles. The minimum absolute atomic E-state index is 0.102. The Morgan fingerprint density at radius 3 is 2.68 bits per heavy atom. The summed E-state index contributed by atoms with van der Waals surface area (Å²) in [6, 6.07) is 6.37. The molecule has 0 radical (unpaired) electrons. The lowest BCUT2D eigenvalue weighted by atomic mass is 9.99. The van der Waals surface area contributed by atoms with Crippen molar-refractivity contribution < 1.29 is 17.5 Å². The number of halogens is 1. The number of sulfonamides is 1. The highest BCUT2D eigenvalue weighted by molar-refractivity contribution is 7.89. The molecule has 0 saturated carbocycles. The average molecular weight is 327 g/mol. The quantitative estimate of drug-likeness (QED) is 0.835. The van der Waals surface area contributed by atoms with Gasteiger partial charge in [-0.25, -0.2) is 17.1 Å². The second-order valence-corrected chi connectivity index (χ2v) is 8.22. The van der Waals surface area contributed by atoms with E-state index in [9.17, 15) is 12.8 Å². The van der Waals surface area contributed by atoms with Gasteiger partial charge in [-0.05, 0) is 49.3 Å². The van der Waals surface area contributed by atoms with Crippen LogP contribution in [-0.4, -0.2) is 44.3 Å². The number of nitrogens with zero attached hydrogens (tertiary/aromatic N) is 1. The van der Waals surface area contributed by atoms with Gasteiger partial charge < -0.3 is 4.74 Å². The van der Waals surface area contributed by atoms with Crippen molar-refractivity contribution in [1.82, 2.24) is 4.31 Å². The highest BCUT2D eigenvalue weighted by atomic mass is 32.2. The fourth-order valence-electron chi connectivity index (χ4n) is 3.27. The Labute approximate surface area is 131 Å². The Morgan fingerprint density at radius 2 is 2.00 bits per heavy atom. The lowest BCUT2D eigenvalue weighted by Gasteiger charge is -2.18. The molecule has 22 heavy (non-hydrogen) atoms. The molecule has 0 aliphatic carbocycles. The second kappa shape index (κ2) is 6.64. The van der Waals surface area contributed by atoms with Crippen LogP contribution < -0.4 is 0 Å². The molecule has 2 fully saturated rings. The molecule has 1 aromatic rings. The molecule has 0 amide bonds. The first-order valence-electron chi connectivity index (χ1n) is 7.89. The third-order valence-electron chi connectivity index (χ3n) is 4.61. The summed E-state index contributed by atoms with van der Waals surface area (Å²) < 4.78 is 44.9. The zero-order valence-corrected chi connectivity index (χ0v) is 13.4. The third kappa shape index (κ3) is 3.67. The SMILES string of the molecule is O=S(=O)(CCC1CCCO1)N1CCC(c2ccc(F)cc2)C1. The van der Waals surface area contributed by atoms with Crippen molar-refractivity contribution in [3.8, 4) is 0 Å². The largest absolute Gasteiger partial charge is 0.378 e. The molecule has 0 bridgehead atoms. The Hall–Kier alpha value is -0.980. The van der Waals surface area contributed by atoms with Crippen molar-refractivity contribution >= 4 is 10.0 Å². The van der Waals surface area contributed by atoms with E-state index in [1.54, 1.807) is 16.4 Å². The topological polar surface area (TPSA) is 46.6 Å². The van der Waals surface area contributed by atoms with Gasteiger partial charge in [0.15, 0.2) is 0 Å². The fourth-order valence-corrected chi connectivity index (χ4v) is 4.88. The first-order valence-corrected chi connectivity index (χ1v) is 9.50. The van der Waals surface area contributed by atoms with Gasteiger partial charge in [0.1, 0.15) is 5.82 Å². The van der Waals surface area contributed by atoms with E-state index < -0.39 is 10.0 Å². The molecule has 2 aliphatic heterocycles. The number of ether oxygens (including phenoxy) is 1. The van der Waals surface area contributed by atoms with Crippen molar-refractivity contribution in [2.75, 3.05) is 25.4 Å². The summed E-state index contributed by atoms with van der Waals surface area (Å²) in [6.45, 7) is 1.80. The Morgan fingerprint density at radius 1 is 1.23 bits per heavy atom. The Kier molecular flexibility index (Phi) is 4.80. The molecule has 0 spiro atoms. The van der Waals surface area contributed by atoms with Gasteiger partial charge in [0, 0.05) is 19.7 Å². The highest BCUT2D eigenvalue weighted by Gasteiger charge is 2.32. The molecule has 1 aromatic carbocycles. The molecule has 2 unspecified atom stereocenters. The molecule has 0 aromatic heterocycles. The lowest BCUT2D eigenvalue weighted by Crippen LogP contribution is -2.32. The van der Waals surface area contributed by atoms with Crippen LogP contribution in [0.25, 0.3) is 0 Å². The van der Waals surface area contributed by atoms with E-state index in [1.165, 1.54) is 12.1 Å². The fraction of sp³-hybridized carbons (Fsp3) is 0.625. The van der Waals surface area contributed by atoms with Crippen LogP contribution in [0.4, 0.5) is 4.39 Å². The standard InChI is InChI=1S/C16H22FNO3S/c17-15-5-3-13(4-6-15)14-7-9-18(12-14)22(19,20)11-8-16-2-1-10-21-16/h3-6,14,16H,1-2,7-12H2. The molecular formula is C16H22FNO3S. The molecule has 2 atom stereocenters. The van der Waals surface area contributed by atoms with Gasteiger partial charge in [0.05, 0.1) is 11.9 Å². The zero-order chi connectivity index (χ0) is 15.6. The lowest BCUT2D eigenvalue weighted by molar-refractivity contribution is 0.108. The summed E-state index contributed by atoms with van der Waals surface area (Å²) >= 11 is 0. The van der Waals surface area contributed by atoms with Gasteiger partial charge in [-0.15, -0.1) is 0 Å². The zero-order valence-electron chi connectivity index (χ0n) is 12.6. The van der Waals surface area contributed by atoms with Crippen LogP contribution in [0.1, 0.15) is 37.2 Å². The van der Waals surface area contributed by atoms with Crippen molar-refractivity contribution in [3.05, 3.63) is 35.6 Å². The van der Waals surface area contributed by atoms with Crippen LogP contribution in [0.5, 0.6) is 0 Å². The van der Waals surface area contributed by atoms with Gasteiger partial charge in [-0.1, -0.05) is 12.1 Å². The number of rotatable bonds is 5. The van der Waals surface area contributed by atoms with Crippen LogP contribution in [0.3, 0.4) is 0 Å². The van der Waals surface area contributed by atoms with Crippen LogP contribution in [-0.2, 0) is 14.8 Å². The van der Waals surface area contributed by atoms with E-state index in [4.69, 9.17) is 4.74 Å². The first-order chi connectivity index (χ1) is 10.5. The summed E-state index contributed by atoms with van der Waals surface area (Å²) in [4.78, 5) is 0. The highest BCUT2D eigenvalue weighted by Crippen LogP contribution is 2.29. The van der Waals surface area contributed by atoms with Gasteiger partial charge >= 0.3 is 0 Å². The monoisotopic (exact) mass is 327 g/mol. The van der Waals surface area contributed by atoms with Gasteiger partial charge in [0.25, 0.3) is 0 Å². The third-order valence-corrected chi connectivity index (χ3v) is 6.48.